The van der Waals surface area contributed by atoms with Gasteiger partial charge in [0.25, 0.3) is 0 Å². The van der Waals surface area contributed by atoms with Crippen molar-refractivity contribution in [2.45, 2.75) is 5.41 Å². The van der Waals surface area contributed by atoms with Crippen LogP contribution >= 0.6 is 34.8 Å². The summed E-state index contributed by atoms with van der Waals surface area (Å²) in [7, 11) is 0. The molecule has 0 aromatic heterocycles. The Morgan fingerprint density at radius 1 is 0.615 bits per heavy atom. The van der Waals surface area contributed by atoms with E-state index in [2.05, 4.69) is 0 Å². The largest absolute Gasteiger partial charge is 0.457 e. The molecular formula is C20H9Cl3O3. The molecule has 6 heteroatoms. The van der Waals surface area contributed by atoms with Gasteiger partial charge in [0.2, 0.25) is 0 Å². The van der Waals surface area contributed by atoms with Gasteiger partial charge in [-0.3, -0.25) is 0 Å². The molecule has 0 saturated heterocycles. The molecule has 0 atom stereocenters. The molecule has 1 spiro atoms. The highest BCUT2D eigenvalue weighted by Crippen LogP contribution is 2.58. The summed E-state index contributed by atoms with van der Waals surface area (Å²) in [6, 6.07) is 15.5. The molecule has 5 rings (SSSR count). The SMILES string of the molecule is O=C1Oc2ccc(Cl)cc2C12c1cc(Cl)ccc1Oc1ccc(Cl)cc12. The number of halogens is 3. The lowest BCUT2D eigenvalue weighted by molar-refractivity contribution is -0.135. The minimum atomic E-state index is -1.24. The van der Waals surface area contributed by atoms with Crippen LogP contribution in [0.2, 0.25) is 15.1 Å². The first-order chi connectivity index (χ1) is 12.5. The van der Waals surface area contributed by atoms with Crippen molar-refractivity contribution in [2.24, 2.45) is 0 Å². The van der Waals surface area contributed by atoms with Gasteiger partial charge in [-0.15, -0.1) is 0 Å². The summed E-state index contributed by atoms with van der Waals surface area (Å²) < 4.78 is 11.6. The molecule has 0 unspecified atom stereocenters. The molecule has 0 saturated carbocycles. The molecular weight excluding hydrogens is 395 g/mol. The van der Waals surface area contributed by atoms with Crippen LogP contribution in [-0.2, 0) is 10.2 Å². The average molecular weight is 404 g/mol. The minimum Gasteiger partial charge on any atom is -0.457 e. The van der Waals surface area contributed by atoms with Gasteiger partial charge in [-0.05, 0) is 54.6 Å². The van der Waals surface area contributed by atoms with E-state index in [0.29, 0.717) is 49.0 Å². The molecule has 3 aromatic rings. The number of hydrogen-bond donors (Lipinski definition) is 0. The molecule has 2 aliphatic heterocycles. The van der Waals surface area contributed by atoms with E-state index in [1.165, 1.54) is 0 Å². The third kappa shape index (κ3) is 1.99. The van der Waals surface area contributed by atoms with E-state index >= 15 is 0 Å². The minimum absolute atomic E-state index is 0.440. The number of rotatable bonds is 0. The summed E-state index contributed by atoms with van der Waals surface area (Å²) in [5.74, 6) is 1.09. The lowest BCUT2D eigenvalue weighted by Crippen LogP contribution is -2.39. The number of hydrogen-bond acceptors (Lipinski definition) is 3. The number of carbonyl (C=O) groups is 1. The molecule has 2 heterocycles. The summed E-state index contributed by atoms with van der Waals surface area (Å²) in [4.78, 5) is 13.3. The van der Waals surface area contributed by atoms with Gasteiger partial charge in [-0.1, -0.05) is 34.8 Å². The van der Waals surface area contributed by atoms with Crippen LogP contribution in [0, 0.1) is 0 Å². The van der Waals surface area contributed by atoms with Crippen molar-refractivity contribution in [2.75, 3.05) is 0 Å². The van der Waals surface area contributed by atoms with Gasteiger partial charge >= 0.3 is 5.97 Å². The standard InChI is InChI=1S/C20H9Cl3O3/c21-10-1-4-16-13(7-10)20(14-8-11(22)2-5-17(14)25-16)15-9-12(23)3-6-18(15)26-19(20)24/h1-9H. The highest BCUT2D eigenvalue weighted by molar-refractivity contribution is 6.31. The fourth-order valence-corrected chi connectivity index (χ4v) is 4.23. The highest BCUT2D eigenvalue weighted by atomic mass is 35.5. The lowest BCUT2D eigenvalue weighted by atomic mass is 9.68. The summed E-state index contributed by atoms with van der Waals surface area (Å²) in [6.45, 7) is 0. The van der Waals surface area contributed by atoms with Crippen molar-refractivity contribution >= 4 is 40.8 Å². The van der Waals surface area contributed by atoms with Crippen molar-refractivity contribution in [3.05, 3.63) is 86.4 Å². The fourth-order valence-electron chi connectivity index (χ4n) is 3.71. The average Bonchev–Trinajstić information content (AvgIpc) is 2.89. The molecule has 0 bridgehead atoms. The van der Waals surface area contributed by atoms with E-state index in [1.54, 1.807) is 54.6 Å². The maximum atomic E-state index is 13.3. The predicted octanol–water partition coefficient (Wildman–Crippen LogP) is 6.01. The third-order valence-corrected chi connectivity index (χ3v) is 5.47. The Bertz CT molecular complexity index is 1060. The van der Waals surface area contributed by atoms with E-state index in [4.69, 9.17) is 44.3 Å². The number of benzene rings is 3. The van der Waals surface area contributed by atoms with Crippen molar-refractivity contribution in [3.8, 4) is 17.2 Å². The van der Waals surface area contributed by atoms with Crippen LogP contribution in [-0.4, -0.2) is 5.97 Å². The van der Waals surface area contributed by atoms with Gasteiger partial charge < -0.3 is 9.47 Å². The quantitative estimate of drug-likeness (QED) is 0.341. The van der Waals surface area contributed by atoms with Crippen LogP contribution in [0.5, 0.6) is 17.2 Å². The molecule has 3 nitrogen and oxygen atoms in total. The summed E-state index contributed by atoms with van der Waals surface area (Å²) >= 11 is 18.7. The van der Waals surface area contributed by atoms with Gasteiger partial charge in [0.05, 0.1) is 0 Å². The maximum absolute atomic E-state index is 13.3. The number of ether oxygens (including phenoxy) is 2. The van der Waals surface area contributed by atoms with Crippen molar-refractivity contribution in [3.63, 3.8) is 0 Å². The predicted molar refractivity (Wildman–Crippen MR) is 99.9 cm³/mol. The van der Waals surface area contributed by atoms with Crippen molar-refractivity contribution in [1.29, 1.82) is 0 Å². The van der Waals surface area contributed by atoms with Crippen LogP contribution in [0.15, 0.2) is 54.6 Å². The molecule has 2 aliphatic rings. The third-order valence-electron chi connectivity index (χ3n) is 4.77. The van der Waals surface area contributed by atoms with Gasteiger partial charge in [-0.2, -0.15) is 0 Å². The Morgan fingerprint density at radius 2 is 1.00 bits per heavy atom. The van der Waals surface area contributed by atoms with Crippen LogP contribution in [0.3, 0.4) is 0 Å². The zero-order valence-corrected chi connectivity index (χ0v) is 15.3. The van der Waals surface area contributed by atoms with Crippen LogP contribution in [0.25, 0.3) is 0 Å². The number of fused-ring (bicyclic) bond motifs is 6. The summed E-state index contributed by atoms with van der Waals surface area (Å²) in [5, 5.41) is 1.47. The van der Waals surface area contributed by atoms with Gasteiger partial charge in [-0.25, -0.2) is 4.79 Å². The van der Waals surface area contributed by atoms with E-state index in [9.17, 15) is 4.79 Å². The van der Waals surface area contributed by atoms with E-state index in [1.807, 2.05) is 0 Å². The van der Waals surface area contributed by atoms with Crippen LogP contribution in [0.1, 0.15) is 16.7 Å². The molecule has 26 heavy (non-hydrogen) atoms. The van der Waals surface area contributed by atoms with Crippen LogP contribution < -0.4 is 9.47 Å². The lowest BCUT2D eigenvalue weighted by Gasteiger charge is -2.35. The normalized spacial score (nSPS) is 15.7. The maximum Gasteiger partial charge on any atom is 0.331 e. The van der Waals surface area contributed by atoms with Crippen molar-refractivity contribution in [1.82, 2.24) is 0 Å². The zero-order chi connectivity index (χ0) is 18.1. The zero-order valence-electron chi connectivity index (χ0n) is 13.1. The Labute approximate surface area is 164 Å². The van der Waals surface area contributed by atoms with E-state index < -0.39 is 11.4 Å². The summed E-state index contributed by atoms with van der Waals surface area (Å²) in [5.41, 5.74) is 0.612. The smallest absolute Gasteiger partial charge is 0.331 e. The molecule has 0 N–H and O–H groups in total. The number of carbonyl (C=O) groups excluding carboxylic acids is 1. The molecule has 0 fully saturated rings. The summed E-state index contributed by atoms with van der Waals surface area (Å²) in [6.07, 6.45) is 0. The second-order valence-corrected chi connectivity index (χ2v) is 7.47. The number of esters is 1. The monoisotopic (exact) mass is 402 g/mol. The first-order valence-electron chi connectivity index (χ1n) is 7.80. The van der Waals surface area contributed by atoms with Gasteiger partial charge in [0.1, 0.15) is 17.2 Å². The second kappa shape index (κ2) is 5.40. The van der Waals surface area contributed by atoms with Crippen molar-refractivity contribution < 1.29 is 14.3 Å². The Kier molecular flexibility index (Phi) is 3.32. The van der Waals surface area contributed by atoms with E-state index in [-0.39, 0.29) is 0 Å². The van der Waals surface area contributed by atoms with E-state index in [0.717, 1.165) is 0 Å². The van der Waals surface area contributed by atoms with Gasteiger partial charge in [0, 0.05) is 31.8 Å². The van der Waals surface area contributed by atoms with Crippen LogP contribution in [0.4, 0.5) is 0 Å². The van der Waals surface area contributed by atoms with Gasteiger partial charge in [0.15, 0.2) is 5.41 Å². The molecule has 0 aliphatic carbocycles. The fraction of sp³-hybridized carbons (Fsp3) is 0.0500. The Balaban J connectivity index is 1.96. The highest BCUT2D eigenvalue weighted by Gasteiger charge is 2.56. The Hall–Kier alpha value is -2.20. The molecule has 128 valence electrons. The topological polar surface area (TPSA) is 35.5 Å². The molecule has 3 aromatic carbocycles. The molecule has 0 amide bonds. The Morgan fingerprint density at radius 3 is 1.42 bits per heavy atom. The first kappa shape index (κ1) is 16.0. The second-order valence-electron chi connectivity index (χ2n) is 6.16. The molecule has 0 radical (unpaired) electrons. The first-order valence-corrected chi connectivity index (χ1v) is 8.94.